The number of benzene rings is 1. The van der Waals surface area contributed by atoms with Gasteiger partial charge in [-0.25, -0.2) is 4.98 Å². The Morgan fingerprint density at radius 2 is 2.03 bits per heavy atom. The highest BCUT2D eigenvalue weighted by Gasteiger charge is 2.38. The number of hydrogen-bond acceptors (Lipinski definition) is 5. The number of carbonyl (C=O) groups excluding carboxylic acids is 1. The summed E-state index contributed by atoms with van der Waals surface area (Å²) in [4.78, 5) is 17.2. The van der Waals surface area contributed by atoms with Crippen molar-refractivity contribution in [3.8, 4) is 28.5 Å². The molecule has 1 aromatic carbocycles. The average molecular weight is 457 g/mol. The van der Waals surface area contributed by atoms with Gasteiger partial charge in [-0.3, -0.25) is 9.20 Å². The molecule has 3 aromatic rings. The van der Waals surface area contributed by atoms with Crippen molar-refractivity contribution >= 4 is 11.6 Å². The topological polar surface area (TPSA) is 74.1 Å². The highest BCUT2D eigenvalue weighted by Crippen LogP contribution is 2.45. The number of rotatable bonds is 9. The number of nitrogens with zero attached hydrogens (tertiary/aromatic N) is 2. The van der Waals surface area contributed by atoms with E-state index < -0.39 is 12.5 Å². The summed E-state index contributed by atoms with van der Waals surface area (Å²) >= 11 is 0. The quantitative estimate of drug-likeness (QED) is 0.505. The van der Waals surface area contributed by atoms with Crippen LogP contribution in [0.2, 0.25) is 0 Å². The molecule has 0 atom stereocenters. The first-order chi connectivity index (χ1) is 15.8. The molecule has 174 valence electrons. The molecule has 2 saturated carbocycles. The van der Waals surface area contributed by atoms with Gasteiger partial charge in [-0.15, -0.1) is 0 Å². The van der Waals surface area contributed by atoms with Crippen molar-refractivity contribution in [2.45, 2.75) is 45.3 Å². The molecule has 0 spiro atoms. The van der Waals surface area contributed by atoms with Gasteiger partial charge in [0.25, 0.3) is 5.91 Å². The number of pyridine rings is 1. The number of amides is 1. The summed E-state index contributed by atoms with van der Waals surface area (Å²) in [7, 11) is 1.39. The van der Waals surface area contributed by atoms with Crippen LogP contribution in [0.4, 0.5) is 8.78 Å². The summed E-state index contributed by atoms with van der Waals surface area (Å²) in [5.41, 5.74) is 2.02. The van der Waals surface area contributed by atoms with Crippen molar-refractivity contribution in [2.75, 3.05) is 13.7 Å². The first kappa shape index (κ1) is 21.5. The second-order valence-corrected chi connectivity index (χ2v) is 9.01. The number of alkyl halides is 2. The predicted molar refractivity (Wildman–Crippen MR) is 117 cm³/mol. The minimum absolute atomic E-state index is 0.0495. The molecule has 2 fully saturated rings. The lowest BCUT2D eigenvalue weighted by atomic mass is 10.1. The molecular weight excluding hydrogens is 432 g/mol. The Morgan fingerprint density at radius 3 is 2.70 bits per heavy atom. The zero-order chi connectivity index (χ0) is 23.2. The van der Waals surface area contributed by atoms with Crippen LogP contribution < -0.4 is 19.5 Å². The summed E-state index contributed by atoms with van der Waals surface area (Å²) in [6.07, 6.45) is 7.51. The normalized spacial score (nSPS) is 16.6. The molecule has 1 amide bonds. The molecule has 0 unspecified atom stereocenters. The smallest absolute Gasteiger partial charge is 0.387 e. The lowest BCUT2D eigenvalue weighted by Gasteiger charge is -2.16. The number of carbonyl (C=O) groups is 1. The molecule has 0 radical (unpaired) electrons. The fourth-order valence-electron chi connectivity index (χ4n) is 3.68. The largest absolute Gasteiger partial charge is 0.496 e. The van der Waals surface area contributed by atoms with Crippen molar-refractivity contribution in [3.63, 3.8) is 0 Å². The van der Waals surface area contributed by atoms with Gasteiger partial charge in [0, 0.05) is 29.3 Å². The van der Waals surface area contributed by atoms with Gasteiger partial charge in [-0.1, -0.05) is 6.92 Å². The molecule has 9 heteroatoms. The average Bonchev–Trinajstić information content (AvgIpc) is 3.70. The number of aromatic nitrogens is 2. The Kier molecular flexibility index (Phi) is 5.34. The van der Waals surface area contributed by atoms with Crippen molar-refractivity contribution in [3.05, 3.63) is 42.2 Å². The first-order valence-electron chi connectivity index (χ1n) is 10.9. The van der Waals surface area contributed by atoms with Crippen LogP contribution in [0.3, 0.4) is 0 Å². The molecule has 33 heavy (non-hydrogen) atoms. The van der Waals surface area contributed by atoms with Gasteiger partial charge in [0.1, 0.15) is 28.5 Å². The maximum Gasteiger partial charge on any atom is 0.387 e. The van der Waals surface area contributed by atoms with Crippen LogP contribution in [0.5, 0.6) is 17.2 Å². The molecule has 2 heterocycles. The fraction of sp³-hybridized carbons (Fsp3) is 0.417. The van der Waals surface area contributed by atoms with Crippen LogP contribution in [0.25, 0.3) is 16.9 Å². The van der Waals surface area contributed by atoms with E-state index in [1.54, 1.807) is 12.3 Å². The number of halogens is 2. The van der Waals surface area contributed by atoms with Gasteiger partial charge in [0.05, 0.1) is 25.6 Å². The Balaban J connectivity index is 1.50. The van der Waals surface area contributed by atoms with Crippen LogP contribution in [-0.2, 0) is 0 Å². The molecule has 0 aliphatic heterocycles. The van der Waals surface area contributed by atoms with E-state index in [1.165, 1.54) is 26.0 Å². The Labute approximate surface area is 189 Å². The highest BCUT2D eigenvalue weighted by atomic mass is 19.3. The SMILES string of the molecule is COc1cc(-c2cnc3cc(OCC4(C)CC4)ccn23)cc(OC(F)F)c1C(=O)NC1CC1. The van der Waals surface area contributed by atoms with Gasteiger partial charge >= 0.3 is 6.61 Å². The van der Waals surface area contributed by atoms with Crippen molar-refractivity contribution in [2.24, 2.45) is 5.41 Å². The highest BCUT2D eigenvalue weighted by molar-refractivity contribution is 6.01. The van der Waals surface area contributed by atoms with Crippen molar-refractivity contribution in [1.82, 2.24) is 14.7 Å². The summed E-state index contributed by atoms with van der Waals surface area (Å²) in [5, 5.41) is 2.80. The van der Waals surface area contributed by atoms with E-state index >= 15 is 0 Å². The number of fused-ring (bicyclic) bond motifs is 1. The van der Waals surface area contributed by atoms with Crippen LogP contribution in [-0.4, -0.2) is 41.7 Å². The summed E-state index contributed by atoms with van der Waals surface area (Å²) in [6.45, 7) is -0.236. The van der Waals surface area contributed by atoms with E-state index in [0.29, 0.717) is 23.5 Å². The van der Waals surface area contributed by atoms with Gasteiger partial charge in [-0.05, 0) is 43.9 Å². The zero-order valence-corrected chi connectivity index (χ0v) is 18.4. The molecule has 2 aromatic heterocycles. The number of ether oxygens (including phenoxy) is 3. The van der Waals surface area contributed by atoms with Gasteiger partial charge in [-0.2, -0.15) is 8.78 Å². The van der Waals surface area contributed by atoms with Crippen molar-refractivity contribution in [1.29, 1.82) is 0 Å². The third-order valence-electron chi connectivity index (χ3n) is 6.11. The summed E-state index contributed by atoms with van der Waals surface area (Å²) < 4.78 is 44.2. The lowest BCUT2D eigenvalue weighted by Crippen LogP contribution is -2.26. The first-order valence-corrected chi connectivity index (χ1v) is 10.9. The van der Waals surface area contributed by atoms with Gasteiger partial charge in [0.15, 0.2) is 0 Å². The summed E-state index contributed by atoms with van der Waals surface area (Å²) in [6, 6.07) is 6.77. The molecular formula is C24H25F2N3O4. The minimum atomic E-state index is -3.09. The Bertz CT molecular complexity index is 1200. The minimum Gasteiger partial charge on any atom is -0.496 e. The molecule has 5 rings (SSSR count). The van der Waals surface area contributed by atoms with E-state index in [4.69, 9.17) is 14.2 Å². The number of nitrogens with one attached hydrogen (secondary N) is 1. The second kappa shape index (κ2) is 8.20. The molecule has 0 bridgehead atoms. The van der Waals surface area contributed by atoms with E-state index in [9.17, 15) is 13.6 Å². The van der Waals surface area contributed by atoms with Crippen molar-refractivity contribution < 1.29 is 27.8 Å². The number of methoxy groups -OCH3 is 1. The van der Waals surface area contributed by atoms with Gasteiger partial charge < -0.3 is 19.5 Å². The van der Waals surface area contributed by atoms with Crippen LogP contribution in [0, 0.1) is 5.41 Å². The Hall–Kier alpha value is -3.36. The second-order valence-electron chi connectivity index (χ2n) is 9.01. The van der Waals surface area contributed by atoms with E-state index in [2.05, 4.69) is 17.2 Å². The fourth-order valence-corrected chi connectivity index (χ4v) is 3.68. The third-order valence-corrected chi connectivity index (χ3v) is 6.11. The number of imidazole rings is 1. The zero-order valence-electron chi connectivity index (χ0n) is 18.4. The molecule has 1 N–H and O–H groups in total. The van der Waals surface area contributed by atoms with Crippen LogP contribution >= 0.6 is 0 Å². The van der Waals surface area contributed by atoms with E-state index in [1.807, 2.05) is 22.7 Å². The van der Waals surface area contributed by atoms with E-state index in [-0.39, 0.29) is 28.5 Å². The van der Waals surface area contributed by atoms with Crippen LogP contribution in [0.15, 0.2) is 36.7 Å². The summed E-state index contributed by atoms with van der Waals surface area (Å²) in [5.74, 6) is 0.124. The third kappa shape index (κ3) is 4.58. The maximum absolute atomic E-state index is 13.2. The standard InChI is InChI=1S/C24H25F2N3O4/c1-24(6-7-24)13-32-16-5-8-29-17(12-27-20(29)11-16)14-9-18(31-2)21(19(10-14)33-23(25)26)22(30)28-15-3-4-15/h5,8-12,15,23H,3-4,6-7,13H2,1-2H3,(H,28,30). The number of hydrogen-bond donors (Lipinski definition) is 1. The Morgan fingerprint density at radius 1 is 1.27 bits per heavy atom. The van der Waals surface area contributed by atoms with Gasteiger partial charge in [0.2, 0.25) is 0 Å². The van der Waals surface area contributed by atoms with Crippen LogP contribution in [0.1, 0.15) is 43.0 Å². The molecule has 2 aliphatic carbocycles. The molecule has 2 aliphatic rings. The lowest BCUT2D eigenvalue weighted by molar-refractivity contribution is -0.0502. The predicted octanol–water partition coefficient (Wildman–Crippen LogP) is 4.68. The maximum atomic E-state index is 13.2. The molecule has 7 nitrogen and oxygen atoms in total. The molecule has 0 saturated heterocycles. The monoisotopic (exact) mass is 457 g/mol. The van der Waals surface area contributed by atoms with E-state index in [0.717, 1.165) is 18.6 Å².